The van der Waals surface area contributed by atoms with Crippen molar-refractivity contribution in [2.75, 3.05) is 13.7 Å². The smallest absolute Gasteiger partial charge is 0.127 e. The van der Waals surface area contributed by atoms with Crippen LogP contribution in [0.1, 0.15) is 38.7 Å². The molecule has 20 heavy (non-hydrogen) atoms. The van der Waals surface area contributed by atoms with E-state index in [0.29, 0.717) is 24.9 Å². The maximum absolute atomic E-state index is 13.6. The summed E-state index contributed by atoms with van der Waals surface area (Å²) in [6.45, 7) is 5.22. The SMILES string of the molecule is COC(C)(C)CCOc1cc(F)cc(CNC2CC2)c1. The molecule has 1 N–H and O–H groups in total. The minimum absolute atomic E-state index is 0.219. The van der Waals surface area contributed by atoms with Gasteiger partial charge in [-0.2, -0.15) is 0 Å². The molecule has 4 heteroatoms. The lowest BCUT2D eigenvalue weighted by molar-refractivity contribution is 0.00543. The van der Waals surface area contributed by atoms with E-state index in [1.165, 1.54) is 18.9 Å². The van der Waals surface area contributed by atoms with Gasteiger partial charge >= 0.3 is 0 Å². The van der Waals surface area contributed by atoms with Crippen molar-refractivity contribution >= 4 is 0 Å². The molecule has 112 valence electrons. The molecule has 1 aromatic rings. The van der Waals surface area contributed by atoms with Gasteiger partial charge in [0.05, 0.1) is 12.2 Å². The van der Waals surface area contributed by atoms with E-state index in [0.717, 1.165) is 12.0 Å². The van der Waals surface area contributed by atoms with Crippen molar-refractivity contribution < 1.29 is 13.9 Å². The average Bonchev–Trinajstić information content (AvgIpc) is 3.20. The van der Waals surface area contributed by atoms with Crippen LogP contribution in [-0.2, 0) is 11.3 Å². The van der Waals surface area contributed by atoms with Crippen molar-refractivity contribution in [3.8, 4) is 5.75 Å². The monoisotopic (exact) mass is 281 g/mol. The zero-order valence-corrected chi connectivity index (χ0v) is 12.5. The molecular formula is C16H24FNO2. The van der Waals surface area contributed by atoms with Crippen LogP contribution in [0.2, 0.25) is 0 Å². The third kappa shape index (κ3) is 5.10. The van der Waals surface area contributed by atoms with Gasteiger partial charge in [-0.1, -0.05) is 0 Å². The summed E-state index contributed by atoms with van der Waals surface area (Å²) >= 11 is 0. The van der Waals surface area contributed by atoms with Crippen molar-refractivity contribution in [3.63, 3.8) is 0 Å². The van der Waals surface area contributed by atoms with Crippen molar-refractivity contribution in [1.29, 1.82) is 0 Å². The standard InChI is InChI=1S/C16H24FNO2/c1-16(2,19-3)6-7-20-15-9-12(8-13(17)10-15)11-18-14-4-5-14/h8-10,14,18H,4-7,11H2,1-3H3. The molecule has 0 saturated heterocycles. The van der Waals surface area contributed by atoms with Gasteiger partial charge in [0.15, 0.2) is 0 Å². The highest BCUT2D eigenvalue weighted by Gasteiger charge is 2.20. The molecule has 2 rings (SSSR count). The van der Waals surface area contributed by atoms with Crippen LogP contribution < -0.4 is 10.1 Å². The molecule has 3 nitrogen and oxygen atoms in total. The van der Waals surface area contributed by atoms with Crippen molar-refractivity contribution in [1.82, 2.24) is 5.32 Å². The summed E-state index contributed by atoms with van der Waals surface area (Å²) < 4.78 is 24.5. The first-order valence-corrected chi connectivity index (χ1v) is 7.19. The van der Waals surface area contributed by atoms with Crippen LogP contribution in [0.15, 0.2) is 18.2 Å². The first-order chi connectivity index (χ1) is 9.48. The Bertz CT molecular complexity index is 444. The first kappa shape index (κ1) is 15.3. The van der Waals surface area contributed by atoms with Gasteiger partial charge in [0.25, 0.3) is 0 Å². The van der Waals surface area contributed by atoms with Gasteiger partial charge in [0.1, 0.15) is 11.6 Å². The number of hydrogen-bond donors (Lipinski definition) is 1. The predicted molar refractivity (Wildman–Crippen MR) is 77.5 cm³/mol. The number of methoxy groups -OCH3 is 1. The number of halogens is 1. The third-order valence-electron chi connectivity index (χ3n) is 3.63. The molecule has 1 aliphatic carbocycles. The van der Waals surface area contributed by atoms with Crippen LogP contribution in [0.4, 0.5) is 4.39 Å². The highest BCUT2D eigenvalue weighted by Crippen LogP contribution is 2.22. The number of nitrogens with one attached hydrogen (secondary N) is 1. The van der Waals surface area contributed by atoms with Crippen LogP contribution in [0.5, 0.6) is 5.75 Å². The first-order valence-electron chi connectivity index (χ1n) is 7.19. The van der Waals surface area contributed by atoms with E-state index in [9.17, 15) is 4.39 Å². The predicted octanol–water partition coefficient (Wildman–Crippen LogP) is 3.27. The molecule has 0 bridgehead atoms. The summed E-state index contributed by atoms with van der Waals surface area (Å²) in [6.07, 6.45) is 3.21. The van der Waals surface area contributed by atoms with E-state index >= 15 is 0 Å². The summed E-state index contributed by atoms with van der Waals surface area (Å²) in [5.74, 6) is 0.339. The minimum atomic E-state index is -0.249. The summed E-state index contributed by atoms with van der Waals surface area (Å²) in [7, 11) is 1.68. The second kappa shape index (κ2) is 6.55. The van der Waals surface area contributed by atoms with E-state index in [4.69, 9.17) is 9.47 Å². The lowest BCUT2D eigenvalue weighted by atomic mass is 10.1. The van der Waals surface area contributed by atoms with E-state index in [-0.39, 0.29) is 11.4 Å². The number of rotatable bonds is 8. The Labute approximate surface area is 120 Å². The molecule has 1 saturated carbocycles. The molecule has 0 aromatic heterocycles. The molecule has 0 atom stereocenters. The average molecular weight is 281 g/mol. The summed E-state index contributed by atoms with van der Waals surface area (Å²) in [5, 5.41) is 3.37. The highest BCUT2D eigenvalue weighted by molar-refractivity contribution is 5.29. The lowest BCUT2D eigenvalue weighted by Gasteiger charge is -2.22. The van der Waals surface area contributed by atoms with Crippen LogP contribution >= 0.6 is 0 Å². The molecule has 1 fully saturated rings. The van der Waals surface area contributed by atoms with Gasteiger partial charge in [0, 0.05) is 32.2 Å². The van der Waals surface area contributed by atoms with Crippen LogP contribution in [0.25, 0.3) is 0 Å². The van der Waals surface area contributed by atoms with E-state index in [2.05, 4.69) is 5.32 Å². The third-order valence-corrected chi connectivity index (χ3v) is 3.63. The van der Waals surface area contributed by atoms with Crippen LogP contribution in [0, 0.1) is 5.82 Å². The Morgan fingerprint density at radius 3 is 2.70 bits per heavy atom. The highest BCUT2D eigenvalue weighted by atomic mass is 19.1. The molecule has 0 heterocycles. The molecule has 1 aromatic carbocycles. The second-order valence-electron chi connectivity index (χ2n) is 6.01. The molecule has 0 aliphatic heterocycles. The van der Waals surface area contributed by atoms with Crippen LogP contribution in [0.3, 0.4) is 0 Å². The van der Waals surface area contributed by atoms with Gasteiger partial charge in [-0.25, -0.2) is 4.39 Å². The molecule has 0 spiro atoms. The molecule has 0 radical (unpaired) electrons. The molecule has 1 aliphatic rings. The Kier molecular flexibility index (Phi) is 5.00. The largest absolute Gasteiger partial charge is 0.493 e. The van der Waals surface area contributed by atoms with Gasteiger partial charge in [-0.3, -0.25) is 0 Å². The maximum atomic E-state index is 13.6. The fourth-order valence-electron chi connectivity index (χ4n) is 1.87. The fraction of sp³-hybridized carbons (Fsp3) is 0.625. The van der Waals surface area contributed by atoms with Gasteiger partial charge in [0.2, 0.25) is 0 Å². The van der Waals surface area contributed by atoms with Gasteiger partial charge < -0.3 is 14.8 Å². The van der Waals surface area contributed by atoms with Crippen molar-refractivity contribution in [2.24, 2.45) is 0 Å². The van der Waals surface area contributed by atoms with E-state index < -0.39 is 0 Å². The van der Waals surface area contributed by atoms with Crippen LogP contribution in [-0.4, -0.2) is 25.4 Å². The molecular weight excluding hydrogens is 257 g/mol. The number of hydrogen-bond acceptors (Lipinski definition) is 3. The topological polar surface area (TPSA) is 30.5 Å². The number of benzene rings is 1. The molecule has 0 amide bonds. The summed E-state index contributed by atoms with van der Waals surface area (Å²) in [5.41, 5.74) is 0.710. The zero-order chi connectivity index (χ0) is 14.6. The Morgan fingerprint density at radius 1 is 1.30 bits per heavy atom. The Hall–Kier alpha value is -1.13. The number of ether oxygens (including phenoxy) is 2. The quantitative estimate of drug-likeness (QED) is 0.793. The van der Waals surface area contributed by atoms with Crippen molar-refractivity contribution in [2.45, 2.75) is 51.3 Å². The zero-order valence-electron chi connectivity index (χ0n) is 12.5. The Balaban J connectivity index is 1.86. The van der Waals surface area contributed by atoms with E-state index in [1.54, 1.807) is 13.2 Å². The lowest BCUT2D eigenvalue weighted by Crippen LogP contribution is -2.25. The second-order valence-corrected chi connectivity index (χ2v) is 6.01. The normalized spacial score (nSPS) is 15.4. The summed E-state index contributed by atoms with van der Waals surface area (Å²) in [6, 6.07) is 5.50. The molecule has 0 unspecified atom stereocenters. The van der Waals surface area contributed by atoms with E-state index in [1.807, 2.05) is 19.9 Å². The van der Waals surface area contributed by atoms with Crippen molar-refractivity contribution in [3.05, 3.63) is 29.6 Å². The fourth-order valence-corrected chi connectivity index (χ4v) is 1.87. The summed E-state index contributed by atoms with van der Waals surface area (Å²) in [4.78, 5) is 0. The minimum Gasteiger partial charge on any atom is -0.493 e. The Morgan fingerprint density at radius 2 is 2.05 bits per heavy atom. The van der Waals surface area contributed by atoms with Gasteiger partial charge in [-0.15, -0.1) is 0 Å². The maximum Gasteiger partial charge on any atom is 0.127 e. The van der Waals surface area contributed by atoms with Gasteiger partial charge in [-0.05, 0) is 44.4 Å².